The van der Waals surface area contributed by atoms with Crippen molar-refractivity contribution in [2.45, 2.75) is 38.6 Å². The average Bonchev–Trinajstić information content (AvgIpc) is 2.50. The number of carbonyl (C=O) groups is 1. The number of hydrogen-bond acceptors (Lipinski definition) is 2. The maximum Gasteiger partial charge on any atom is 0.317 e. The molecule has 1 aromatic rings. The van der Waals surface area contributed by atoms with Gasteiger partial charge in [0.1, 0.15) is 18.2 Å². The predicted octanol–water partition coefficient (Wildman–Crippen LogP) is 3.42. The van der Waals surface area contributed by atoms with Gasteiger partial charge in [-0.05, 0) is 30.9 Å². The molecular weight excluding hydrogens is 283 g/mol. The predicted molar refractivity (Wildman–Crippen MR) is 84.5 cm³/mol. The number of halogens is 1. The van der Waals surface area contributed by atoms with Crippen LogP contribution in [0.1, 0.15) is 32.6 Å². The zero-order valence-corrected chi connectivity index (χ0v) is 13.3. The van der Waals surface area contributed by atoms with Crippen LogP contribution in [0.15, 0.2) is 24.3 Å². The zero-order chi connectivity index (χ0) is 15.9. The molecule has 2 rings (SSSR count). The van der Waals surface area contributed by atoms with Gasteiger partial charge in [0.2, 0.25) is 0 Å². The van der Waals surface area contributed by atoms with E-state index in [-0.39, 0.29) is 11.8 Å². The van der Waals surface area contributed by atoms with Crippen molar-refractivity contribution >= 4 is 6.03 Å². The summed E-state index contributed by atoms with van der Waals surface area (Å²) in [6.45, 7) is 2.97. The molecule has 2 unspecified atom stereocenters. The molecule has 0 bridgehead atoms. The molecule has 5 heteroatoms. The fourth-order valence-electron chi connectivity index (χ4n) is 2.93. The zero-order valence-electron chi connectivity index (χ0n) is 13.3. The van der Waals surface area contributed by atoms with Crippen LogP contribution in [-0.2, 0) is 0 Å². The summed E-state index contributed by atoms with van der Waals surface area (Å²) < 4.78 is 18.4. The van der Waals surface area contributed by atoms with Crippen molar-refractivity contribution in [2.75, 3.05) is 20.2 Å². The molecule has 1 saturated carbocycles. The second-order valence-corrected chi connectivity index (χ2v) is 6.07. The maximum atomic E-state index is 13.0. The average molecular weight is 308 g/mol. The molecule has 1 N–H and O–H groups in total. The summed E-state index contributed by atoms with van der Waals surface area (Å²) in [6, 6.07) is 6.25. The van der Waals surface area contributed by atoms with E-state index >= 15 is 0 Å². The van der Waals surface area contributed by atoms with E-state index in [9.17, 15) is 9.18 Å². The summed E-state index contributed by atoms with van der Waals surface area (Å²) in [5.74, 6) is 0.835. The Morgan fingerprint density at radius 1 is 1.45 bits per heavy atom. The van der Waals surface area contributed by atoms with Crippen molar-refractivity contribution in [1.82, 2.24) is 10.2 Å². The quantitative estimate of drug-likeness (QED) is 0.847. The first kappa shape index (κ1) is 16.6. The highest BCUT2D eigenvalue weighted by atomic mass is 19.1. The summed E-state index contributed by atoms with van der Waals surface area (Å²) in [5.41, 5.74) is 0. The molecule has 22 heavy (non-hydrogen) atoms. The summed E-state index contributed by atoms with van der Waals surface area (Å²) in [4.78, 5) is 13.9. The molecule has 0 aliphatic heterocycles. The van der Waals surface area contributed by atoms with Gasteiger partial charge in [0, 0.05) is 19.2 Å². The molecule has 2 amide bonds. The summed E-state index contributed by atoms with van der Waals surface area (Å²) in [5, 5.41) is 2.85. The number of hydrogen-bond donors (Lipinski definition) is 1. The van der Waals surface area contributed by atoms with Crippen LogP contribution in [0, 0.1) is 11.7 Å². The Balaban J connectivity index is 1.68. The Morgan fingerprint density at radius 3 is 3.00 bits per heavy atom. The van der Waals surface area contributed by atoms with Crippen LogP contribution >= 0.6 is 0 Å². The van der Waals surface area contributed by atoms with E-state index in [1.54, 1.807) is 17.0 Å². The van der Waals surface area contributed by atoms with Gasteiger partial charge in [0.25, 0.3) is 0 Å². The van der Waals surface area contributed by atoms with E-state index in [2.05, 4.69) is 12.2 Å². The monoisotopic (exact) mass is 308 g/mol. The molecule has 0 heterocycles. The van der Waals surface area contributed by atoms with Crippen molar-refractivity contribution in [3.63, 3.8) is 0 Å². The highest BCUT2D eigenvalue weighted by molar-refractivity contribution is 5.74. The minimum atomic E-state index is -0.326. The number of rotatable bonds is 5. The topological polar surface area (TPSA) is 41.6 Å². The Kier molecular flexibility index (Phi) is 6.04. The van der Waals surface area contributed by atoms with Gasteiger partial charge in [-0.25, -0.2) is 9.18 Å². The summed E-state index contributed by atoms with van der Waals surface area (Å²) >= 11 is 0. The molecule has 122 valence electrons. The molecule has 2 atom stereocenters. The second kappa shape index (κ2) is 8.01. The van der Waals surface area contributed by atoms with E-state index < -0.39 is 0 Å². The first-order valence-corrected chi connectivity index (χ1v) is 7.95. The molecule has 0 radical (unpaired) electrons. The van der Waals surface area contributed by atoms with Crippen LogP contribution in [0.4, 0.5) is 9.18 Å². The number of urea groups is 1. The van der Waals surface area contributed by atoms with Gasteiger partial charge >= 0.3 is 6.03 Å². The van der Waals surface area contributed by atoms with Crippen molar-refractivity contribution in [1.29, 1.82) is 0 Å². The van der Waals surface area contributed by atoms with Crippen LogP contribution in [-0.4, -0.2) is 37.2 Å². The first-order chi connectivity index (χ1) is 10.6. The van der Waals surface area contributed by atoms with Gasteiger partial charge in [-0.3, -0.25) is 0 Å². The third-order valence-electron chi connectivity index (χ3n) is 4.22. The summed E-state index contributed by atoms with van der Waals surface area (Å²) in [6.07, 6.45) is 4.59. The number of ether oxygens (including phenoxy) is 1. The number of benzene rings is 1. The van der Waals surface area contributed by atoms with Crippen LogP contribution < -0.4 is 10.1 Å². The molecule has 1 aliphatic rings. The first-order valence-electron chi connectivity index (χ1n) is 7.95. The van der Waals surface area contributed by atoms with Gasteiger partial charge in [-0.1, -0.05) is 25.8 Å². The molecule has 1 aliphatic carbocycles. The Labute approximate surface area is 131 Å². The van der Waals surface area contributed by atoms with Crippen LogP contribution in [0.5, 0.6) is 5.75 Å². The highest BCUT2D eigenvalue weighted by Crippen LogP contribution is 2.26. The summed E-state index contributed by atoms with van der Waals surface area (Å²) in [7, 11) is 1.85. The Bertz CT molecular complexity index is 495. The standard InChI is InChI=1S/C17H25FN2O2/c1-13-5-3-7-15(11-13)20(2)17(21)19-9-10-22-16-8-4-6-14(18)12-16/h4,6,8,12-13,15H,3,5,7,9-11H2,1-2H3,(H,19,21). The third-order valence-corrected chi connectivity index (χ3v) is 4.22. The lowest BCUT2D eigenvalue weighted by atomic mass is 9.86. The number of amides is 2. The van der Waals surface area contributed by atoms with Crippen LogP contribution in [0.3, 0.4) is 0 Å². The minimum Gasteiger partial charge on any atom is -0.492 e. The lowest BCUT2D eigenvalue weighted by Crippen LogP contribution is -2.46. The van der Waals surface area contributed by atoms with Crippen molar-refractivity contribution in [2.24, 2.45) is 5.92 Å². The largest absolute Gasteiger partial charge is 0.492 e. The third kappa shape index (κ3) is 4.90. The molecule has 0 spiro atoms. The molecule has 0 aromatic heterocycles. The van der Waals surface area contributed by atoms with Crippen LogP contribution in [0.25, 0.3) is 0 Å². The SMILES string of the molecule is CC1CCCC(N(C)C(=O)NCCOc2cccc(F)c2)C1. The Hall–Kier alpha value is -1.78. The van der Waals surface area contributed by atoms with E-state index in [1.807, 2.05) is 7.05 Å². The van der Waals surface area contributed by atoms with Gasteiger partial charge < -0.3 is 15.0 Å². The number of carbonyl (C=O) groups excluding carboxylic acids is 1. The molecule has 4 nitrogen and oxygen atoms in total. The van der Waals surface area contributed by atoms with Gasteiger partial charge in [0.15, 0.2) is 0 Å². The lowest BCUT2D eigenvalue weighted by molar-refractivity contribution is 0.158. The molecule has 1 fully saturated rings. The lowest BCUT2D eigenvalue weighted by Gasteiger charge is -2.34. The number of nitrogens with one attached hydrogen (secondary N) is 1. The highest BCUT2D eigenvalue weighted by Gasteiger charge is 2.25. The van der Waals surface area contributed by atoms with E-state index in [4.69, 9.17) is 4.74 Å². The van der Waals surface area contributed by atoms with Gasteiger partial charge in [0.05, 0.1) is 6.54 Å². The Morgan fingerprint density at radius 2 is 2.27 bits per heavy atom. The smallest absolute Gasteiger partial charge is 0.317 e. The van der Waals surface area contributed by atoms with E-state index in [0.717, 1.165) is 12.8 Å². The maximum absolute atomic E-state index is 13.0. The second-order valence-electron chi connectivity index (χ2n) is 6.07. The fraction of sp³-hybridized carbons (Fsp3) is 0.588. The van der Waals surface area contributed by atoms with Crippen molar-refractivity contribution in [3.05, 3.63) is 30.1 Å². The molecule has 0 saturated heterocycles. The fourth-order valence-corrected chi connectivity index (χ4v) is 2.93. The van der Waals surface area contributed by atoms with E-state index in [1.165, 1.54) is 25.0 Å². The molecular formula is C17H25FN2O2. The van der Waals surface area contributed by atoms with Crippen LogP contribution in [0.2, 0.25) is 0 Å². The molecule has 1 aromatic carbocycles. The van der Waals surface area contributed by atoms with Gasteiger partial charge in [-0.2, -0.15) is 0 Å². The number of nitrogens with zero attached hydrogens (tertiary/aromatic N) is 1. The van der Waals surface area contributed by atoms with E-state index in [0.29, 0.717) is 30.9 Å². The normalized spacial score (nSPS) is 21.2. The van der Waals surface area contributed by atoms with Gasteiger partial charge in [-0.15, -0.1) is 0 Å². The van der Waals surface area contributed by atoms with Crippen molar-refractivity contribution < 1.29 is 13.9 Å². The minimum absolute atomic E-state index is 0.0676. The van der Waals surface area contributed by atoms with Crippen molar-refractivity contribution in [3.8, 4) is 5.75 Å².